The number of ether oxygens (including phenoxy) is 1. The number of phenolic OH excluding ortho intramolecular Hbond substituents is 1. The molecule has 2 heterocycles. The maximum Gasteiger partial charge on any atom is 0.323 e. The van der Waals surface area contributed by atoms with Crippen molar-refractivity contribution in [2.45, 2.75) is 39.3 Å². The molecule has 0 bridgehead atoms. The fourth-order valence-electron chi connectivity index (χ4n) is 6.53. The number of ketones is 1. The number of hydrogen-bond acceptors (Lipinski definition) is 7. The molecule has 1 unspecified atom stereocenters. The van der Waals surface area contributed by atoms with E-state index in [1.165, 1.54) is 11.0 Å². The largest absolute Gasteiger partial charge is 0.506 e. The van der Waals surface area contributed by atoms with E-state index in [4.69, 9.17) is 16.3 Å². The Morgan fingerprint density at radius 1 is 1.02 bits per heavy atom. The molecule has 6 rings (SSSR count). The molecule has 1 aliphatic carbocycles. The van der Waals surface area contributed by atoms with Gasteiger partial charge in [-0.1, -0.05) is 67.9 Å². The smallest absolute Gasteiger partial charge is 0.323 e. The number of nitrogens with zero attached hydrogens (tertiary/aromatic N) is 3. The Morgan fingerprint density at radius 3 is 2.49 bits per heavy atom. The predicted molar refractivity (Wildman–Crippen MR) is 182 cm³/mol. The van der Waals surface area contributed by atoms with Gasteiger partial charge < -0.3 is 30.3 Å². The predicted octanol–water partition coefficient (Wildman–Crippen LogP) is 5.72. The van der Waals surface area contributed by atoms with Crippen molar-refractivity contribution < 1.29 is 24.2 Å². The number of urea groups is 1. The Bertz CT molecular complexity index is 1720. The van der Waals surface area contributed by atoms with Crippen molar-refractivity contribution in [1.82, 2.24) is 15.1 Å². The summed E-state index contributed by atoms with van der Waals surface area (Å²) in [6.45, 7) is 6.82. The summed E-state index contributed by atoms with van der Waals surface area (Å²) in [6, 6.07) is 18.3. The molecule has 1 atom stereocenters. The molecular weight excluding hydrogens is 618 g/mol. The van der Waals surface area contributed by atoms with Crippen LogP contribution in [0.2, 0.25) is 5.02 Å². The van der Waals surface area contributed by atoms with Gasteiger partial charge in [0.15, 0.2) is 5.78 Å². The first kappa shape index (κ1) is 32.4. The van der Waals surface area contributed by atoms with Gasteiger partial charge in [-0.2, -0.15) is 0 Å². The Kier molecular flexibility index (Phi) is 9.16. The summed E-state index contributed by atoms with van der Waals surface area (Å²) in [6.07, 6.45) is 0.769. The van der Waals surface area contributed by atoms with Gasteiger partial charge in [-0.15, -0.1) is 0 Å². The molecule has 0 spiro atoms. The van der Waals surface area contributed by atoms with Crippen molar-refractivity contribution in [2.75, 3.05) is 50.0 Å². The minimum absolute atomic E-state index is 0.0760. The number of aromatic hydroxyl groups is 1. The van der Waals surface area contributed by atoms with E-state index in [1.807, 2.05) is 51.2 Å². The number of amides is 3. The van der Waals surface area contributed by atoms with Gasteiger partial charge in [-0.25, -0.2) is 4.79 Å². The number of Topliss-reactive ketones (excluding diaryl/α,β-unsaturated/α-hetero) is 1. The Morgan fingerprint density at radius 2 is 1.77 bits per heavy atom. The maximum absolute atomic E-state index is 14.3. The molecule has 0 aromatic heterocycles. The fraction of sp³-hybridized carbons (Fsp3) is 0.361. The second-order valence-electron chi connectivity index (χ2n) is 13.2. The highest BCUT2D eigenvalue weighted by atomic mass is 35.5. The summed E-state index contributed by atoms with van der Waals surface area (Å²) in [5.41, 5.74) is 2.80. The van der Waals surface area contributed by atoms with E-state index in [0.717, 1.165) is 18.7 Å². The summed E-state index contributed by atoms with van der Waals surface area (Å²) in [5.74, 6) is 0.132. The average Bonchev–Trinajstić information content (AvgIpc) is 3.18. The standard InChI is InChI=1S/C36H40ClN5O5/c1-36(2)19-27-32(30(44)20-36)34(25-13-12-24(18-26(25)37)47-22-23-8-5-4-6-9-23)42(28-10-7-11-29(43)33(28)39-27)35(46)38-21-31(45)41-16-14-40(3)15-17-41/h4-13,18,34,39,43H,14-17,19-22H2,1-3H3,(H,38,46). The normalized spacial score (nSPS) is 19.3. The number of fused-ring (bicyclic) bond motifs is 1. The molecule has 2 aliphatic heterocycles. The molecule has 10 nitrogen and oxygen atoms in total. The lowest BCUT2D eigenvalue weighted by atomic mass is 9.73. The van der Waals surface area contributed by atoms with Crippen LogP contribution in [0.4, 0.5) is 16.2 Å². The molecule has 11 heteroatoms. The van der Waals surface area contributed by atoms with Crippen LogP contribution in [0.5, 0.6) is 11.5 Å². The highest BCUT2D eigenvalue weighted by molar-refractivity contribution is 6.31. The van der Waals surface area contributed by atoms with Crippen LogP contribution in [0.3, 0.4) is 0 Å². The lowest BCUT2D eigenvalue weighted by Crippen LogP contribution is -2.52. The number of carbonyl (C=O) groups excluding carboxylic acids is 3. The number of rotatable bonds is 6. The fourth-order valence-corrected chi connectivity index (χ4v) is 6.80. The SMILES string of the molecule is CN1CCN(C(=O)CNC(=O)N2c3cccc(O)c3NC3=C(C(=O)CC(C)(C)C3)C2c2ccc(OCc3ccccc3)cc2Cl)CC1. The van der Waals surface area contributed by atoms with Crippen molar-refractivity contribution >= 4 is 40.7 Å². The van der Waals surface area contributed by atoms with Crippen LogP contribution >= 0.6 is 11.6 Å². The van der Waals surface area contributed by atoms with Gasteiger partial charge in [-0.3, -0.25) is 14.5 Å². The lowest BCUT2D eigenvalue weighted by Gasteiger charge is -2.37. The van der Waals surface area contributed by atoms with E-state index in [-0.39, 0.29) is 35.8 Å². The molecule has 0 radical (unpaired) electrons. The maximum atomic E-state index is 14.3. The highest BCUT2D eigenvalue weighted by Crippen LogP contribution is 2.51. The Labute approximate surface area is 279 Å². The lowest BCUT2D eigenvalue weighted by molar-refractivity contribution is -0.131. The van der Waals surface area contributed by atoms with Crippen LogP contribution in [0.15, 0.2) is 78.0 Å². The third-order valence-corrected chi connectivity index (χ3v) is 9.32. The van der Waals surface area contributed by atoms with Gasteiger partial charge in [0.25, 0.3) is 0 Å². The average molecular weight is 658 g/mol. The van der Waals surface area contributed by atoms with Crippen LogP contribution in [0.25, 0.3) is 0 Å². The van der Waals surface area contributed by atoms with E-state index >= 15 is 0 Å². The zero-order valence-corrected chi connectivity index (χ0v) is 27.6. The third kappa shape index (κ3) is 6.94. The van der Waals surface area contributed by atoms with Crippen molar-refractivity contribution in [3.05, 3.63) is 94.1 Å². The Balaban J connectivity index is 1.40. The summed E-state index contributed by atoms with van der Waals surface area (Å²) < 4.78 is 6.02. The van der Waals surface area contributed by atoms with Gasteiger partial charge >= 0.3 is 6.03 Å². The van der Waals surface area contributed by atoms with Crippen molar-refractivity contribution in [2.24, 2.45) is 5.41 Å². The molecule has 47 heavy (non-hydrogen) atoms. The van der Waals surface area contributed by atoms with Crippen LogP contribution < -0.4 is 20.3 Å². The number of para-hydroxylation sites is 1. The molecule has 3 aliphatic rings. The highest BCUT2D eigenvalue weighted by Gasteiger charge is 2.44. The number of nitrogens with one attached hydrogen (secondary N) is 2. The summed E-state index contributed by atoms with van der Waals surface area (Å²) >= 11 is 7.00. The molecule has 3 amide bonds. The number of hydrogen-bond donors (Lipinski definition) is 3. The van der Waals surface area contributed by atoms with Crippen LogP contribution in [0, 0.1) is 5.41 Å². The monoisotopic (exact) mass is 657 g/mol. The number of benzene rings is 3. The van der Waals surface area contributed by atoms with Crippen LogP contribution in [0.1, 0.15) is 43.9 Å². The molecule has 0 saturated carbocycles. The van der Waals surface area contributed by atoms with Gasteiger partial charge in [0.05, 0.1) is 18.3 Å². The summed E-state index contributed by atoms with van der Waals surface area (Å²) in [5, 5.41) is 17.5. The van der Waals surface area contributed by atoms with E-state index in [2.05, 4.69) is 15.5 Å². The second kappa shape index (κ2) is 13.3. The van der Waals surface area contributed by atoms with Crippen molar-refractivity contribution in [3.8, 4) is 11.5 Å². The van der Waals surface area contributed by atoms with Crippen molar-refractivity contribution in [3.63, 3.8) is 0 Å². The quantitative estimate of drug-likeness (QED) is 0.290. The number of phenols is 1. The molecule has 3 N–H and O–H groups in total. The molecule has 3 aromatic rings. The first-order chi connectivity index (χ1) is 22.5. The molecule has 246 valence electrons. The number of likely N-dealkylation sites (N-methyl/N-ethyl adjacent to an activating group) is 1. The molecule has 1 saturated heterocycles. The number of carbonyl (C=O) groups is 3. The van der Waals surface area contributed by atoms with E-state index in [1.54, 1.807) is 35.2 Å². The van der Waals surface area contributed by atoms with Crippen LogP contribution in [-0.2, 0) is 16.2 Å². The zero-order valence-electron chi connectivity index (χ0n) is 26.9. The zero-order chi connectivity index (χ0) is 33.3. The summed E-state index contributed by atoms with van der Waals surface area (Å²) in [7, 11) is 2.01. The Hall–Kier alpha value is -4.54. The first-order valence-corrected chi connectivity index (χ1v) is 16.2. The minimum Gasteiger partial charge on any atom is -0.506 e. The second-order valence-corrected chi connectivity index (χ2v) is 13.6. The molecule has 1 fully saturated rings. The van der Waals surface area contributed by atoms with Gasteiger partial charge in [0.1, 0.15) is 23.8 Å². The minimum atomic E-state index is -0.960. The first-order valence-electron chi connectivity index (χ1n) is 15.9. The van der Waals surface area contributed by atoms with E-state index in [9.17, 15) is 19.5 Å². The molecular formula is C36H40ClN5O5. The number of allylic oxidation sites excluding steroid dienone is 1. The number of halogens is 1. The third-order valence-electron chi connectivity index (χ3n) is 8.99. The van der Waals surface area contributed by atoms with Gasteiger partial charge in [0, 0.05) is 48.9 Å². The van der Waals surface area contributed by atoms with E-state index in [0.29, 0.717) is 65.1 Å². The van der Waals surface area contributed by atoms with Crippen LogP contribution in [-0.4, -0.2) is 72.4 Å². The molecule has 3 aromatic carbocycles. The topological polar surface area (TPSA) is 114 Å². The van der Waals surface area contributed by atoms with E-state index < -0.39 is 12.1 Å². The van der Waals surface area contributed by atoms with Crippen molar-refractivity contribution in [1.29, 1.82) is 0 Å². The number of piperazine rings is 1. The van der Waals surface area contributed by atoms with Gasteiger partial charge in [-0.05, 0) is 54.3 Å². The summed E-state index contributed by atoms with van der Waals surface area (Å²) in [4.78, 5) is 46.8. The number of anilines is 2. The van der Waals surface area contributed by atoms with Gasteiger partial charge in [0.2, 0.25) is 5.91 Å².